The molecule has 2 aromatic carbocycles. The van der Waals surface area contributed by atoms with Crippen molar-refractivity contribution in [3.8, 4) is 5.69 Å². The van der Waals surface area contributed by atoms with Crippen LogP contribution in [-0.4, -0.2) is 44.3 Å². The number of ketones is 1. The van der Waals surface area contributed by atoms with E-state index in [4.69, 9.17) is 0 Å². The van der Waals surface area contributed by atoms with Crippen LogP contribution in [0.3, 0.4) is 0 Å². The maximum atomic E-state index is 13.4. The zero-order valence-corrected chi connectivity index (χ0v) is 16.9. The SMILES string of the molecule is O=C(CSc1nnc(CN2CCCCC2)n1-c1ccc(F)cc1)c1ccccc1. The monoisotopic (exact) mass is 410 g/mol. The predicted molar refractivity (Wildman–Crippen MR) is 112 cm³/mol. The smallest absolute Gasteiger partial charge is 0.196 e. The van der Waals surface area contributed by atoms with Crippen molar-refractivity contribution in [3.05, 3.63) is 71.8 Å². The van der Waals surface area contributed by atoms with Gasteiger partial charge in [0.15, 0.2) is 16.8 Å². The Balaban J connectivity index is 1.57. The second kappa shape index (κ2) is 9.33. The number of nitrogens with zero attached hydrogens (tertiary/aromatic N) is 4. The summed E-state index contributed by atoms with van der Waals surface area (Å²) in [7, 11) is 0. The molecule has 7 heteroatoms. The molecule has 0 bridgehead atoms. The highest BCUT2D eigenvalue weighted by Crippen LogP contribution is 2.24. The van der Waals surface area contributed by atoms with Gasteiger partial charge >= 0.3 is 0 Å². The molecule has 0 unspecified atom stereocenters. The third kappa shape index (κ3) is 4.92. The van der Waals surface area contributed by atoms with Gasteiger partial charge in [-0.25, -0.2) is 4.39 Å². The number of Topliss-reactive ketones (excluding diaryl/α,β-unsaturated/α-hetero) is 1. The molecule has 1 aliphatic rings. The normalized spacial score (nSPS) is 14.8. The van der Waals surface area contributed by atoms with E-state index in [1.807, 2.05) is 34.9 Å². The second-order valence-corrected chi connectivity index (χ2v) is 8.07. The average molecular weight is 411 g/mol. The van der Waals surface area contributed by atoms with E-state index in [0.29, 0.717) is 17.3 Å². The van der Waals surface area contributed by atoms with Crippen molar-refractivity contribution in [1.29, 1.82) is 0 Å². The molecule has 4 rings (SSSR count). The molecule has 0 amide bonds. The Morgan fingerprint density at radius 2 is 1.69 bits per heavy atom. The Bertz CT molecular complexity index is 953. The van der Waals surface area contributed by atoms with Crippen LogP contribution in [0.4, 0.5) is 4.39 Å². The highest BCUT2D eigenvalue weighted by molar-refractivity contribution is 7.99. The number of carbonyl (C=O) groups is 1. The fraction of sp³-hybridized carbons (Fsp3) is 0.318. The van der Waals surface area contributed by atoms with Gasteiger partial charge in [0.2, 0.25) is 0 Å². The van der Waals surface area contributed by atoms with Gasteiger partial charge in [0.25, 0.3) is 0 Å². The Morgan fingerprint density at radius 1 is 0.966 bits per heavy atom. The van der Waals surface area contributed by atoms with E-state index in [1.165, 1.54) is 43.2 Å². The zero-order valence-electron chi connectivity index (χ0n) is 16.1. The number of hydrogen-bond donors (Lipinski definition) is 0. The molecule has 0 aliphatic carbocycles. The lowest BCUT2D eigenvalue weighted by Gasteiger charge is -2.26. The number of halogens is 1. The van der Waals surface area contributed by atoms with E-state index in [-0.39, 0.29) is 17.4 Å². The molecular formula is C22H23FN4OS. The summed E-state index contributed by atoms with van der Waals surface area (Å²) in [6.45, 7) is 2.79. The van der Waals surface area contributed by atoms with Crippen molar-refractivity contribution in [2.24, 2.45) is 0 Å². The zero-order chi connectivity index (χ0) is 20.1. The molecule has 29 heavy (non-hydrogen) atoms. The number of aromatic nitrogens is 3. The number of likely N-dealkylation sites (tertiary alicyclic amines) is 1. The third-order valence-electron chi connectivity index (χ3n) is 5.03. The van der Waals surface area contributed by atoms with Crippen LogP contribution in [0.5, 0.6) is 0 Å². The van der Waals surface area contributed by atoms with Gasteiger partial charge in [-0.05, 0) is 50.2 Å². The number of benzene rings is 2. The number of rotatable bonds is 7. The van der Waals surface area contributed by atoms with Crippen LogP contribution in [0.1, 0.15) is 35.4 Å². The fourth-order valence-corrected chi connectivity index (χ4v) is 4.37. The lowest BCUT2D eigenvalue weighted by molar-refractivity contribution is 0.102. The van der Waals surface area contributed by atoms with E-state index < -0.39 is 0 Å². The first kappa shape index (κ1) is 19.8. The van der Waals surface area contributed by atoms with Crippen molar-refractivity contribution in [3.63, 3.8) is 0 Å². The largest absolute Gasteiger partial charge is 0.296 e. The minimum absolute atomic E-state index is 0.0434. The van der Waals surface area contributed by atoms with Crippen LogP contribution in [0.25, 0.3) is 5.69 Å². The molecule has 0 radical (unpaired) electrons. The van der Waals surface area contributed by atoms with Crippen molar-refractivity contribution in [1.82, 2.24) is 19.7 Å². The first-order chi connectivity index (χ1) is 14.2. The van der Waals surface area contributed by atoms with Crippen LogP contribution in [0.15, 0.2) is 59.8 Å². The van der Waals surface area contributed by atoms with Crippen molar-refractivity contribution < 1.29 is 9.18 Å². The minimum Gasteiger partial charge on any atom is -0.296 e. The van der Waals surface area contributed by atoms with Crippen LogP contribution in [0, 0.1) is 5.82 Å². The molecule has 0 N–H and O–H groups in total. The fourth-order valence-electron chi connectivity index (χ4n) is 3.50. The summed E-state index contributed by atoms with van der Waals surface area (Å²) >= 11 is 1.36. The van der Waals surface area contributed by atoms with Crippen LogP contribution >= 0.6 is 11.8 Å². The quantitative estimate of drug-likeness (QED) is 0.428. The average Bonchev–Trinajstić information content (AvgIpc) is 3.16. The van der Waals surface area contributed by atoms with E-state index in [9.17, 15) is 9.18 Å². The number of thioether (sulfide) groups is 1. The van der Waals surface area contributed by atoms with E-state index >= 15 is 0 Å². The van der Waals surface area contributed by atoms with E-state index in [0.717, 1.165) is 24.6 Å². The lowest BCUT2D eigenvalue weighted by Crippen LogP contribution is -2.30. The van der Waals surface area contributed by atoms with Gasteiger partial charge in [0.05, 0.1) is 12.3 Å². The van der Waals surface area contributed by atoms with Gasteiger partial charge in [0.1, 0.15) is 5.82 Å². The number of hydrogen-bond acceptors (Lipinski definition) is 5. The lowest BCUT2D eigenvalue weighted by atomic mass is 10.1. The minimum atomic E-state index is -0.284. The molecule has 3 aromatic rings. The summed E-state index contributed by atoms with van der Waals surface area (Å²) < 4.78 is 15.4. The molecule has 1 aromatic heterocycles. The predicted octanol–water partition coefficient (Wildman–Crippen LogP) is 4.37. The van der Waals surface area contributed by atoms with Crippen LogP contribution < -0.4 is 0 Å². The molecule has 5 nitrogen and oxygen atoms in total. The Labute approximate surface area is 173 Å². The van der Waals surface area contributed by atoms with Crippen LogP contribution in [0.2, 0.25) is 0 Å². The summed E-state index contributed by atoms with van der Waals surface area (Å²) in [6, 6.07) is 15.5. The molecule has 2 heterocycles. The molecule has 0 spiro atoms. The van der Waals surface area contributed by atoms with Crippen LogP contribution in [-0.2, 0) is 6.54 Å². The van der Waals surface area contributed by atoms with Crippen molar-refractivity contribution in [2.75, 3.05) is 18.8 Å². The maximum absolute atomic E-state index is 13.4. The molecule has 1 fully saturated rings. The molecule has 1 aliphatic heterocycles. The maximum Gasteiger partial charge on any atom is 0.196 e. The van der Waals surface area contributed by atoms with Gasteiger partial charge in [-0.1, -0.05) is 48.5 Å². The molecular weight excluding hydrogens is 387 g/mol. The van der Waals surface area contributed by atoms with E-state index in [1.54, 1.807) is 12.1 Å². The Hall–Kier alpha value is -2.51. The summed E-state index contributed by atoms with van der Waals surface area (Å²) in [5, 5.41) is 9.40. The highest BCUT2D eigenvalue weighted by Gasteiger charge is 2.19. The number of piperidine rings is 1. The Kier molecular flexibility index (Phi) is 6.36. The third-order valence-corrected chi connectivity index (χ3v) is 5.96. The molecule has 0 saturated carbocycles. The van der Waals surface area contributed by atoms with Gasteiger partial charge in [-0.2, -0.15) is 0 Å². The summed E-state index contributed by atoms with van der Waals surface area (Å²) in [5.41, 5.74) is 1.49. The summed E-state index contributed by atoms with van der Waals surface area (Å²) in [5.74, 6) is 0.843. The molecule has 150 valence electrons. The van der Waals surface area contributed by atoms with Gasteiger partial charge in [-0.15, -0.1) is 10.2 Å². The van der Waals surface area contributed by atoms with Crippen molar-refractivity contribution >= 4 is 17.5 Å². The van der Waals surface area contributed by atoms with Gasteiger partial charge in [0, 0.05) is 11.3 Å². The highest BCUT2D eigenvalue weighted by atomic mass is 32.2. The standard InChI is InChI=1S/C22H23FN4OS/c23-18-9-11-19(12-10-18)27-21(15-26-13-5-2-6-14-26)24-25-22(27)29-16-20(28)17-7-3-1-4-8-17/h1,3-4,7-12H,2,5-6,13-16H2. The first-order valence-electron chi connectivity index (χ1n) is 9.84. The summed E-state index contributed by atoms with van der Waals surface area (Å²) in [6.07, 6.45) is 3.65. The summed E-state index contributed by atoms with van der Waals surface area (Å²) in [4.78, 5) is 14.9. The van der Waals surface area contributed by atoms with E-state index in [2.05, 4.69) is 15.1 Å². The topological polar surface area (TPSA) is 51.0 Å². The number of carbonyl (C=O) groups excluding carboxylic acids is 1. The first-order valence-corrected chi connectivity index (χ1v) is 10.8. The van der Waals surface area contributed by atoms with Gasteiger partial charge < -0.3 is 0 Å². The molecule has 0 atom stereocenters. The van der Waals surface area contributed by atoms with Gasteiger partial charge in [-0.3, -0.25) is 14.3 Å². The van der Waals surface area contributed by atoms with Crippen molar-refractivity contribution in [2.45, 2.75) is 31.0 Å². The second-order valence-electron chi connectivity index (χ2n) is 7.13. The Morgan fingerprint density at radius 3 is 2.41 bits per heavy atom. The molecule has 1 saturated heterocycles.